The summed E-state index contributed by atoms with van der Waals surface area (Å²) in [4.78, 5) is 24.4. The highest BCUT2D eigenvalue weighted by molar-refractivity contribution is 8.00. The van der Waals surface area contributed by atoms with E-state index in [-0.39, 0.29) is 10.2 Å². The number of rotatable bonds is 4. The molecule has 0 aliphatic carbocycles. The van der Waals surface area contributed by atoms with E-state index in [1.165, 1.54) is 11.8 Å². The lowest BCUT2D eigenvalue weighted by Crippen LogP contribution is -1.95. The molecule has 0 aromatic heterocycles. The third-order valence-electron chi connectivity index (χ3n) is 2.45. The first-order valence-electron chi connectivity index (χ1n) is 5.42. The molecular formula is C14H10O2S3. The Bertz CT molecular complexity index is 583. The molecule has 0 aliphatic rings. The summed E-state index contributed by atoms with van der Waals surface area (Å²) in [6.07, 6.45) is 0. The van der Waals surface area contributed by atoms with Crippen LogP contribution in [0.15, 0.2) is 58.3 Å². The highest BCUT2D eigenvalue weighted by Gasteiger charge is 2.12. The van der Waals surface area contributed by atoms with Gasteiger partial charge in [0.05, 0.1) is 0 Å². The van der Waals surface area contributed by atoms with Gasteiger partial charge in [-0.2, -0.15) is 0 Å². The van der Waals surface area contributed by atoms with Crippen LogP contribution in [0, 0.1) is 0 Å². The molecule has 2 rings (SSSR count). The zero-order valence-electron chi connectivity index (χ0n) is 9.74. The molecule has 0 radical (unpaired) electrons. The molecular weight excluding hydrogens is 296 g/mol. The minimum atomic E-state index is -0.294. The van der Waals surface area contributed by atoms with Gasteiger partial charge in [-0.3, -0.25) is 9.59 Å². The number of benzene rings is 2. The molecule has 5 heteroatoms. The number of carbonyl (C=O) groups is 2. The van der Waals surface area contributed by atoms with E-state index in [1.807, 2.05) is 24.3 Å². The molecule has 0 fully saturated rings. The largest absolute Gasteiger partial charge is 0.282 e. The number of hydrogen-bond donors (Lipinski definition) is 2. The van der Waals surface area contributed by atoms with Gasteiger partial charge in [0.15, 0.2) is 0 Å². The zero-order valence-corrected chi connectivity index (χ0v) is 12.3. The van der Waals surface area contributed by atoms with Gasteiger partial charge in [0.1, 0.15) is 0 Å². The van der Waals surface area contributed by atoms with E-state index in [1.54, 1.807) is 24.3 Å². The van der Waals surface area contributed by atoms with Gasteiger partial charge < -0.3 is 0 Å². The van der Waals surface area contributed by atoms with Gasteiger partial charge in [-0.15, -0.1) is 25.3 Å². The Balaban J connectivity index is 2.42. The Morgan fingerprint density at radius 3 is 1.47 bits per heavy atom. The Labute approximate surface area is 126 Å². The van der Waals surface area contributed by atoms with Crippen molar-refractivity contribution in [3.05, 3.63) is 59.7 Å². The van der Waals surface area contributed by atoms with E-state index in [0.717, 1.165) is 9.79 Å². The SMILES string of the molecule is O=C(S)c1ccccc1Sc1ccccc1C(=O)S. The Morgan fingerprint density at radius 2 is 1.11 bits per heavy atom. The average Bonchev–Trinajstić information content (AvgIpc) is 2.39. The maximum atomic E-state index is 11.4. The molecule has 0 spiro atoms. The highest BCUT2D eigenvalue weighted by atomic mass is 32.2. The normalized spacial score (nSPS) is 10.2. The van der Waals surface area contributed by atoms with E-state index in [9.17, 15) is 9.59 Å². The molecule has 0 aliphatic heterocycles. The lowest BCUT2D eigenvalue weighted by atomic mass is 10.2. The molecule has 96 valence electrons. The second-order valence-electron chi connectivity index (χ2n) is 3.70. The molecule has 2 aromatic rings. The Morgan fingerprint density at radius 1 is 0.737 bits per heavy atom. The van der Waals surface area contributed by atoms with Crippen molar-refractivity contribution in [2.24, 2.45) is 0 Å². The summed E-state index contributed by atoms with van der Waals surface area (Å²) in [5, 5.41) is -0.587. The maximum absolute atomic E-state index is 11.4. The molecule has 0 N–H and O–H groups in total. The van der Waals surface area contributed by atoms with Crippen LogP contribution in [0.2, 0.25) is 0 Å². The van der Waals surface area contributed by atoms with Crippen LogP contribution in [0.25, 0.3) is 0 Å². The molecule has 19 heavy (non-hydrogen) atoms. The van der Waals surface area contributed by atoms with E-state index in [2.05, 4.69) is 25.3 Å². The van der Waals surface area contributed by atoms with Crippen LogP contribution in [0.5, 0.6) is 0 Å². The minimum absolute atomic E-state index is 0.294. The quantitative estimate of drug-likeness (QED) is 0.839. The van der Waals surface area contributed by atoms with E-state index in [0.29, 0.717) is 11.1 Å². The Kier molecular flexibility index (Phi) is 4.74. The fourth-order valence-corrected chi connectivity index (χ4v) is 3.20. The second kappa shape index (κ2) is 6.32. The van der Waals surface area contributed by atoms with Crippen LogP contribution in [-0.2, 0) is 0 Å². The summed E-state index contributed by atoms with van der Waals surface area (Å²) < 4.78 is 0. The first-order chi connectivity index (χ1) is 9.09. The third kappa shape index (κ3) is 3.43. The molecule has 0 amide bonds. The Hall–Kier alpha value is -1.17. The van der Waals surface area contributed by atoms with Crippen molar-refractivity contribution in [1.82, 2.24) is 0 Å². The van der Waals surface area contributed by atoms with Crippen LogP contribution in [0.1, 0.15) is 20.7 Å². The number of hydrogen-bond acceptors (Lipinski definition) is 3. The fraction of sp³-hybridized carbons (Fsp3) is 0. The van der Waals surface area contributed by atoms with Crippen LogP contribution in [-0.4, -0.2) is 10.2 Å². The molecule has 2 nitrogen and oxygen atoms in total. The van der Waals surface area contributed by atoms with E-state index < -0.39 is 0 Å². The molecule has 0 saturated heterocycles. The molecule has 0 saturated carbocycles. The first-order valence-corrected chi connectivity index (χ1v) is 7.13. The lowest BCUT2D eigenvalue weighted by molar-refractivity contribution is 0.108. The van der Waals surface area contributed by atoms with Crippen molar-refractivity contribution >= 4 is 47.3 Å². The molecule has 0 heterocycles. The van der Waals surface area contributed by atoms with Crippen molar-refractivity contribution < 1.29 is 9.59 Å². The number of thiol groups is 2. The number of carbonyl (C=O) groups excluding carboxylic acids is 2. The van der Waals surface area contributed by atoms with Crippen LogP contribution in [0.3, 0.4) is 0 Å². The smallest absolute Gasteiger partial charge is 0.217 e. The topological polar surface area (TPSA) is 34.1 Å². The predicted octanol–water partition coefficient (Wildman–Crippen LogP) is 3.98. The molecule has 0 bridgehead atoms. The van der Waals surface area contributed by atoms with E-state index >= 15 is 0 Å². The third-order valence-corrected chi connectivity index (χ3v) is 4.09. The monoisotopic (exact) mass is 306 g/mol. The lowest BCUT2D eigenvalue weighted by Gasteiger charge is -2.08. The maximum Gasteiger partial charge on any atom is 0.217 e. The standard InChI is InChI=1S/C14H10O2S3/c15-13(17)9-5-1-3-7-11(9)19-12-8-4-2-6-10(12)14(16)18/h1-8H,(H,15,17)(H,16,18). The van der Waals surface area contributed by atoms with Gasteiger partial charge in [-0.05, 0) is 24.3 Å². The summed E-state index contributed by atoms with van der Waals surface area (Å²) in [6, 6.07) is 14.3. The average molecular weight is 306 g/mol. The van der Waals surface area contributed by atoms with Crippen molar-refractivity contribution in [3.8, 4) is 0 Å². The van der Waals surface area contributed by atoms with Gasteiger partial charge in [0, 0.05) is 20.9 Å². The first kappa shape index (κ1) is 14.2. The molecule has 2 aromatic carbocycles. The van der Waals surface area contributed by atoms with Crippen molar-refractivity contribution in [3.63, 3.8) is 0 Å². The summed E-state index contributed by atoms with van der Waals surface area (Å²) >= 11 is 9.07. The van der Waals surface area contributed by atoms with E-state index in [4.69, 9.17) is 0 Å². The van der Waals surface area contributed by atoms with Crippen LogP contribution >= 0.6 is 37.0 Å². The van der Waals surface area contributed by atoms with Gasteiger partial charge in [0.25, 0.3) is 0 Å². The van der Waals surface area contributed by atoms with Crippen LogP contribution < -0.4 is 0 Å². The molecule has 0 atom stereocenters. The van der Waals surface area contributed by atoms with Gasteiger partial charge >= 0.3 is 0 Å². The fourth-order valence-electron chi connectivity index (χ4n) is 1.58. The van der Waals surface area contributed by atoms with Crippen LogP contribution in [0.4, 0.5) is 0 Å². The van der Waals surface area contributed by atoms with Crippen molar-refractivity contribution in [2.45, 2.75) is 9.79 Å². The zero-order chi connectivity index (χ0) is 13.8. The summed E-state index contributed by atoms with van der Waals surface area (Å²) in [5.74, 6) is 0. The molecule has 0 unspecified atom stereocenters. The highest BCUT2D eigenvalue weighted by Crippen LogP contribution is 2.33. The predicted molar refractivity (Wildman–Crippen MR) is 83.6 cm³/mol. The van der Waals surface area contributed by atoms with Gasteiger partial charge in [0.2, 0.25) is 10.2 Å². The van der Waals surface area contributed by atoms with Crippen molar-refractivity contribution in [2.75, 3.05) is 0 Å². The second-order valence-corrected chi connectivity index (χ2v) is 5.60. The minimum Gasteiger partial charge on any atom is -0.282 e. The van der Waals surface area contributed by atoms with Crippen molar-refractivity contribution in [1.29, 1.82) is 0 Å². The van der Waals surface area contributed by atoms with Gasteiger partial charge in [-0.1, -0.05) is 36.0 Å². The summed E-state index contributed by atoms with van der Waals surface area (Å²) in [5.41, 5.74) is 1.05. The van der Waals surface area contributed by atoms with Gasteiger partial charge in [-0.25, -0.2) is 0 Å². The summed E-state index contributed by atoms with van der Waals surface area (Å²) in [7, 11) is 0. The summed E-state index contributed by atoms with van der Waals surface area (Å²) in [6.45, 7) is 0.